The third-order valence-electron chi connectivity index (χ3n) is 2.32. The van der Waals surface area contributed by atoms with Crippen LogP contribution in [-0.2, 0) is 4.79 Å². The van der Waals surface area contributed by atoms with Gasteiger partial charge in [-0.25, -0.2) is 0 Å². The quantitative estimate of drug-likeness (QED) is 0.473. The van der Waals surface area contributed by atoms with E-state index in [1.54, 1.807) is 6.08 Å². The Morgan fingerprint density at radius 1 is 1.20 bits per heavy atom. The van der Waals surface area contributed by atoms with E-state index in [0.29, 0.717) is 18.3 Å². The molecule has 0 amide bonds. The smallest absolute Gasteiger partial charge is 0.155 e. The summed E-state index contributed by atoms with van der Waals surface area (Å²) in [6.45, 7) is 10.5. The van der Waals surface area contributed by atoms with E-state index in [1.165, 1.54) is 5.57 Å². The Morgan fingerprint density at radius 2 is 1.80 bits per heavy atom. The maximum absolute atomic E-state index is 11.1. The number of hydrogen-bond donors (Lipinski definition) is 0. The lowest BCUT2D eigenvalue weighted by atomic mass is 9.95. The Kier molecular flexibility index (Phi) is 7.02. The molecule has 0 fully saturated rings. The van der Waals surface area contributed by atoms with Crippen molar-refractivity contribution in [3.05, 3.63) is 23.8 Å². The summed E-state index contributed by atoms with van der Waals surface area (Å²) in [5, 5.41) is 0. The standard InChI is InChI=1S/C14H24O/c1-6-14(15)8-7-12(4)10-13(5)9-11(2)3/h7-9,12-13H,6,10H2,1-5H3/b8-7+. The third kappa shape index (κ3) is 8.17. The van der Waals surface area contributed by atoms with Gasteiger partial charge in [-0.3, -0.25) is 4.79 Å². The minimum Gasteiger partial charge on any atom is -0.295 e. The molecule has 0 aromatic carbocycles. The second kappa shape index (κ2) is 7.44. The maximum atomic E-state index is 11.1. The van der Waals surface area contributed by atoms with Crippen LogP contribution in [0.1, 0.15) is 47.5 Å². The fraction of sp³-hybridized carbons (Fsp3) is 0.643. The van der Waals surface area contributed by atoms with Gasteiger partial charge >= 0.3 is 0 Å². The molecule has 0 bridgehead atoms. The summed E-state index contributed by atoms with van der Waals surface area (Å²) < 4.78 is 0. The number of allylic oxidation sites excluding steroid dienone is 4. The van der Waals surface area contributed by atoms with Crippen LogP contribution >= 0.6 is 0 Å². The second-order valence-electron chi connectivity index (χ2n) is 4.61. The first-order valence-corrected chi connectivity index (χ1v) is 5.81. The molecule has 0 saturated heterocycles. The third-order valence-corrected chi connectivity index (χ3v) is 2.32. The topological polar surface area (TPSA) is 17.1 Å². The number of hydrogen-bond acceptors (Lipinski definition) is 1. The monoisotopic (exact) mass is 208 g/mol. The first kappa shape index (κ1) is 14.2. The zero-order chi connectivity index (χ0) is 11.8. The highest BCUT2D eigenvalue weighted by Crippen LogP contribution is 2.15. The molecule has 0 aromatic heterocycles. The van der Waals surface area contributed by atoms with E-state index in [2.05, 4.69) is 33.8 Å². The van der Waals surface area contributed by atoms with Gasteiger partial charge in [0.15, 0.2) is 5.78 Å². The number of carbonyl (C=O) groups is 1. The molecule has 0 N–H and O–H groups in total. The van der Waals surface area contributed by atoms with Crippen molar-refractivity contribution in [2.45, 2.75) is 47.5 Å². The molecule has 0 aliphatic heterocycles. The zero-order valence-electron chi connectivity index (χ0n) is 10.7. The van der Waals surface area contributed by atoms with Crippen molar-refractivity contribution in [1.29, 1.82) is 0 Å². The largest absolute Gasteiger partial charge is 0.295 e. The molecule has 0 rings (SSSR count). The van der Waals surface area contributed by atoms with Crippen molar-refractivity contribution >= 4 is 5.78 Å². The molecule has 15 heavy (non-hydrogen) atoms. The van der Waals surface area contributed by atoms with Crippen LogP contribution in [-0.4, -0.2) is 5.78 Å². The summed E-state index contributed by atoms with van der Waals surface area (Å²) >= 11 is 0. The Hall–Kier alpha value is -0.850. The minimum atomic E-state index is 0.219. The lowest BCUT2D eigenvalue weighted by Crippen LogP contribution is -1.99. The van der Waals surface area contributed by atoms with Crippen molar-refractivity contribution in [3.8, 4) is 0 Å². The van der Waals surface area contributed by atoms with E-state index in [-0.39, 0.29) is 5.78 Å². The van der Waals surface area contributed by atoms with Crippen molar-refractivity contribution in [2.75, 3.05) is 0 Å². The molecule has 0 spiro atoms. The van der Waals surface area contributed by atoms with Crippen molar-refractivity contribution < 1.29 is 4.79 Å². The Bertz CT molecular complexity index is 244. The summed E-state index contributed by atoms with van der Waals surface area (Å²) in [4.78, 5) is 11.1. The van der Waals surface area contributed by atoms with Crippen LogP contribution in [0.15, 0.2) is 23.8 Å². The molecule has 2 unspecified atom stereocenters. The maximum Gasteiger partial charge on any atom is 0.155 e. The number of ketones is 1. The van der Waals surface area contributed by atoms with Gasteiger partial charge in [0.25, 0.3) is 0 Å². The normalized spacial score (nSPS) is 15.0. The predicted molar refractivity (Wildman–Crippen MR) is 66.8 cm³/mol. The van der Waals surface area contributed by atoms with E-state index in [4.69, 9.17) is 0 Å². The van der Waals surface area contributed by atoms with Gasteiger partial charge in [0, 0.05) is 6.42 Å². The molecule has 0 aromatic rings. The highest BCUT2D eigenvalue weighted by Gasteiger charge is 2.03. The Labute approximate surface area is 94.3 Å². The second-order valence-corrected chi connectivity index (χ2v) is 4.61. The summed E-state index contributed by atoms with van der Waals surface area (Å²) in [5.41, 5.74) is 1.36. The first-order chi connectivity index (χ1) is 6.95. The molecule has 0 radical (unpaired) electrons. The van der Waals surface area contributed by atoms with Crippen LogP contribution in [0, 0.1) is 11.8 Å². The van der Waals surface area contributed by atoms with Crippen LogP contribution in [0.5, 0.6) is 0 Å². The highest BCUT2D eigenvalue weighted by atomic mass is 16.1. The van der Waals surface area contributed by atoms with Crippen LogP contribution in [0.4, 0.5) is 0 Å². The van der Waals surface area contributed by atoms with E-state index < -0.39 is 0 Å². The van der Waals surface area contributed by atoms with Crippen LogP contribution in [0.2, 0.25) is 0 Å². The molecule has 0 heterocycles. The van der Waals surface area contributed by atoms with Gasteiger partial charge < -0.3 is 0 Å². The van der Waals surface area contributed by atoms with Gasteiger partial charge in [-0.05, 0) is 38.2 Å². The average molecular weight is 208 g/mol. The minimum absolute atomic E-state index is 0.219. The summed E-state index contributed by atoms with van der Waals surface area (Å²) in [7, 11) is 0. The lowest BCUT2D eigenvalue weighted by molar-refractivity contribution is -0.114. The summed E-state index contributed by atoms with van der Waals surface area (Å²) in [6.07, 6.45) is 7.75. The van der Waals surface area contributed by atoms with Crippen molar-refractivity contribution in [2.24, 2.45) is 11.8 Å². The van der Waals surface area contributed by atoms with Gasteiger partial charge in [0.1, 0.15) is 0 Å². The van der Waals surface area contributed by atoms with Gasteiger partial charge in [-0.15, -0.1) is 0 Å². The van der Waals surface area contributed by atoms with E-state index in [0.717, 1.165) is 6.42 Å². The molecule has 1 heteroatoms. The lowest BCUT2D eigenvalue weighted by Gasteiger charge is -2.11. The summed E-state index contributed by atoms with van der Waals surface area (Å²) in [6, 6.07) is 0. The van der Waals surface area contributed by atoms with Crippen molar-refractivity contribution in [1.82, 2.24) is 0 Å². The fourth-order valence-electron chi connectivity index (χ4n) is 1.69. The molecular weight excluding hydrogens is 184 g/mol. The molecular formula is C14H24O. The Balaban J connectivity index is 4.03. The highest BCUT2D eigenvalue weighted by molar-refractivity contribution is 5.89. The first-order valence-electron chi connectivity index (χ1n) is 5.81. The Morgan fingerprint density at radius 3 is 2.27 bits per heavy atom. The van der Waals surface area contributed by atoms with Crippen LogP contribution < -0.4 is 0 Å². The summed E-state index contributed by atoms with van der Waals surface area (Å²) in [5.74, 6) is 1.29. The molecule has 0 saturated carbocycles. The van der Waals surface area contributed by atoms with Gasteiger partial charge in [-0.2, -0.15) is 0 Å². The average Bonchev–Trinajstić information content (AvgIpc) is 2.12. The zero-order valence-corrected chi connectivity index (χ0v) is 10.7. The fourth-order valence-corrected chi connectivity index (χ4v) is 1.69. The molecule has 86 valence electrons. The number of carbonyl (C=O) groups excluding carboxylic acids is 1. The van der Waals surface area contributed by atoms with Gasteiger partial charge in [0.05, 0.1) is 0 Å². The van der Waals surface area contributed by atoms with Crippen LogP contribution in [0.25, 0.3) is 0 Å². The predicted octanol–water partition coefficient (Wildman–Crippen LogP) is 4.15. The number of rotatable bonds is 6. The van der Waals surface area contributed by atoms with Crippen molar-refractivity contribution in [3.63, 3.8) is 0 Å². The van der Waals surface area contributed by atoms with Crippen LogP contribution in [0.3, 0.4) is 0 Å². The van der Waals surface area contributed by atoms with Gasteiger partial charge in [-0.1, -0.05) is 38.5 Å². The molecule has 2 atom stereocenters. The van der Waals surface area contributed by atoms with E-state index in [9.17, 15) is 4.79 Å². The van der Waals surface area contributed by atoms with Gasteiger partial charge in [0.2, 0.25) is 0 Å². The molecule has 0 aliphatic rings. The molecule has 1 nitrogen and oxygen atoms in total. The van der Waals surface area contributed by atoms with E-state index >= 15 is 0 Å². The van der Waals surface area contributed by atoms with E-state index in [1.807, 2.05) is 13.0 Å². The SMILES string of the molecule is CCC(=O)/C=C/C(C)CC(C)C=C(C)C. The molecule has 0 aliphatic carbocycles.